The molecular formula is C22H35N5O7S. The molecule has 0 aromatic heterocycles. The number of benzene rings is 1. The highest BCUT2D eigenvalue weighted by Gasteiger charge is 2.32. The minimum absolute atomic E-state index is 0.0618. The van der Waals surface area contributed by atoms with Crippen LogP contribution in [0.5, 0.6) is 5.75 Å². The van der Waals surface area contributed by atoms with Gasteiger partial charge in [-0.1, -0.05) is 12.1 Å². The van der Waals surface area contributed by atoms with Crippen LogP contribution in [0.1, 0.15) is 31.7 Å². The number of aromatic hydroxyl groups is 1. The fraction of sp³-hybridized carbons (Fsp3) is 0.545. The van der Waals surface area contributed by atoms with Gasteiger partial charge in [-0.05, 0) is 56.8 Å². The summed E-state index contributed by atoms with van der Waals surface area (Å²) in [6.07, 6.45) is -0.00976. The molecule has 0 aliphatic rings. The maximum Gasteiger partial charge on any atom is 0.327 e. The highest BCUT2D eigenvalue weighted by Crippen LogP contribution is 2.11. The third-order valence-electron chi connectivity index (χ3n) is 5.17. The number of rotatable bonds is 15. The second-order valence-corrected chi connectivity index (χ2v) is 8.50. The monoisotopic (exact) mass is 513 g/mol. The van der Waals surface area contributed by atoms with Crippen molar-refractivity contribution >= 4 is 36.3 Å². The van der Waals surface area contributed by atoms with Crippen molar-refractivity contribution in [1.29, 1.82) is 0 Å². The first-order valence-electron chi connectivity index (χ1n) is 11.2. The molecule has 0 heterocycles. The molecular weight excluding hydrogens is 478 g/mol. The standard InChI is InChI=1S/C22H35N5O7S/c1-12(28)18(27-19(30)15(24)10-13-5-7-14(29)8-6-13)21(32)25-16(4-2-3-9-23)20(31)26-17(11-35)22(33)34/h5-8,12,15-18,28-29,35H,2-4,9-11,23-24H2,1H3,(H,25,32)(H,26,31)(H,27,30)(H,33,34). The summed E-state index contributed by atoms with van der Waals surface area (Å²) in [4.78, 5) is 49.3. The average molecular weight is 514 g/mol. The number of hydrogen-bond donors (Lipinski definition) is 9. The number of phenols is 1. The van der Waals surface area contributed by atoms with Gasteiger partial charge in [-0.15, -0.1) is 0 Å². The average Bonchev–Trinajstić information content (AvgIpc) is 2.80. The number of phenolic OH excluding ortho intramolecular Hbond substituents is 1. The number of amides is 3. The van der Waals surface area contributed by atoms with Gasteiger partial charge in [0.1, 0.15) is 23.9 Å². The number of aliphatic carboxylic acids is 1. The van der Waals surface area contributed by atoms with Gasteiger partial charge in [0, 0.05) is 5.75 Å². The van der Waals surface area contributed by atoms with Crippen LogP contribution >= 0.6 is 12.6 Å². The fourth-order valence-corrected chi connectivity index (χ4v) is 3.37. The Bertz CT molecular complexity index is 853. The number of thiol groups is 1. The molecule has 3 amide bonds. The predicted molar refractivity (Wildman–Crippen MR) is 132 cm³/mol. The zero-order chi connectivity index (χ0) is 26.5. The van der Waals surface area contributed by atoms with Gasteiger partial charge in [0.25, 0.3) is 0 Å². The molecule has 0 aliphatic carbocycles. The Balaban J connectivity index is 2.89. The summed E-state index contributed by atoms with van der Waals surface area (Å²) < 4.78 is 0. The van der Waals surface area contributed by atoms with Gasteiger partial charge in [0.2, 0.25) is 17.7 Å². The van der Waals surface area contributed by atoms with Gasteiger partial charge in [0.15, 0.2) is 0 Å². The predicted octanol–water partition coefficient (Wildman–Crippen LogP) is -1.76. The first kappa shape index (κ1) is 30.2. The summed E-state index contributed by atoms with van der Waals surface area (Å²) in [5, 5.41) is 35.8. The molecule has 0 bridgehead atoms. The summed E-state index contributed by atoms with van der Waals surface area (Å²) >= 11 is 3.91. The Morgan fingerprint density at radius 2 is 1.57 bits per heavy atom. The Hall–Kier alpha value is -2.87. The molecule has 1 rings (SSSR count). The number of hydrogen-bond acceptors (Lipinski definition) is 9. The maximum atomic E-state index is 12.9. The molecule has 0 spiro atoms. The molecule has 10 N–H and O–H groups in total. The van der Waals surface area contributed by atoms with E-state index in [9.17, 15) is 29.4 Å². The maximum absolute atomic E-state index is 12.9. The molecule has 35 heavy (non-hydrogen) atoms. The number of aliphatic hydroxyl groups is 1. The van der Waals surface area contributed by atoms with Crippen LogP contribution in [-0.4, -0.2) is 81.6 Å². The summed E-state index contributed by atoms with van der Waals surface area (Å²) in [7, 11) is 0. The lowest BCUT2D eigenvalue weighted by molar-refractivity contribution is -0.141. The highest BCUT2D eigenvalue weighted by atomic mass is 32.1. The van der Waals surface area contributed by atoms with Crippen molar-refractivity contribution in [3.05, 3.63) is 29.8 Å². The minimum Gasteiger partial charge on any atom is -0.508 e. The molecule has 1 aromatic carbocycles. The van der Waals surface area contributed by atoms with Crippen LogP contribution in [0.2, 0.25) is 0 Å². The van der Waals surface area contributed by atoms with E-state index in [1.165, 1.54) is 19.1 Å². The van der Waals surface area contributed by atoms with Crippen LogP contribution in [0.15, 0.2) is 24.3 Å². The van der Waals surface area contributed by atoms with Crippen molar-refractivity contribution in [1.82, 2.24) is 16.0 Å². The molecule has 0 radical (unpaired) electrons. The molecule has 196 valence electrons. The van der Waals surface area contributed by atoms with Crippen molar-refractivity contribution in [2.24, 2.45) is 11.5 Å². The normalized spacial score (nSPS) is 15.2. The molecule has 5 unspecified atom stereocenters. The van der Waals surface area contributed by atoms with Gasteiger partial charge < -0.3 is 42.7 Å². The third kappa shape index (κ3) is 10.5. The van der Waals surface area contributed by atoms with Crippen molar-refractivity contribution in [3.63, 3.8) is 0 Å². The lowest BCUT2D eigenvalue weighted by Crippen LogP contribution is -2.60. The van der Waals surface area contributed by atoms with Gasteiger partial charge in [-0.2, -0.15) is 12.6 Å². The summed E-state index contributed by atoms with van der Waals surface area (Å²) in [6, 6.07) is 1.24. The number of aliphatic hydroxyl groups excluding tert-OH is 1. The lowest BCUT2D eigenvalue weighted by atomic mass is 10.0. The number of carbonyl (C=O) groups is 4. The number of carbonyl (C=O) groups excluding carboxylic acids is 3. The van der Waals surface area contributed by atoms with Gasteiger partial charge >= 0.3 is 5.97 Å². The Kier molecular flexibility index (Phi) is 13.1. The van der Waals surface area contributed by atoms with Gasteiger partial charge in [0.05, 0.1) is 12.1 Å². The first-order valence-corrected chi connectivity index (χ1v) is 11.8. The zero-order valence-corrected chi connectivity index (χ0v) is 20.4. The lowest BCUT2D eigenvalue weighted by Gasteiger charge is -2.26. The quantitative estimate of drug-likeness (QED) is 0.0957. The number of carboxylic acids is 1. The second-order valence-electron chi connectivity index (χ2n) is 8.13. The van der Waals surface area contributed by atoms with Crippen LogP contribution in [0.3, 0.4) is 0 Å². The second kappa shape index (κ2) is 15.2. The van der Waals surface area contributed by atoms with Crippen LogP contribution in [0.25, 0.3) is 0 Å². The summed E-state index contributed by atoms with van der Waals surface area (Å²) in [5.74, 6) is -3.66. The van der Waals surface area contributed by atoms with E-state index in [2.05, 4.69) is 28.6 Å². The van der Waals surface area contributed by atoms with E-state index in [4.69, 9.17) is 16.6 Å². The van der Waals surface area contributed by atoms with Crippen LogP contribution in [-0.2, 0) is 25.6 Å². The number of carboxylic acid groups (broad SMARTS) is 1. The van der Waals surface area contributed by atoms with Gasteiger partial charge in [-0.25, -0.2) is 4.79 Å². The molecule has 0 fully saturated rings. The molecule has 5 atom stereocenters. The van der Waals surface area contributed by atoms with E-state index in [0.717, 1.165) is 0 Å². The topological polar surface area (TPSA) is 217 Å². The van der Waals surface area contributed by atoms with Crippen molar-refractivity contribution in [2.45, 2.75) is 62.9 Å². The SMILES string of the molecule is CC(O)C(NC(=O)C(N)Cc1ccc(O)cc1)C(=O)NC(CCCCN)C(=O)NC(CS)C(=O)O. The molecule has 0 saturated heterocycles. The first-order chi connectivity index (χ1) is 16.5. The van der Waals surface area contributed by atoms with E-state index in [-0.39, 0.29) is 24.3 Å². The highest BCUT2D eigenvalue weighted by molar-refractivity contribution is 7.80. The van der Waals surface area contributed by atoms with Crippen LogP contribution < -0.4 is 27.4 Å². The zero-order valence-electron chi connectivity index (χ0n) is 19.5. The van der Waals surface area contributed by atoms with Crippen molar-refractivity contribution in [3.8, 4) is 5.75 Å². The molecule has 0 saturated carbocycles. The minimum atomic E-state index is -1.42. The number of unbranched alkanes of at least 4 members (excludes halogenated alkanes) is 1. The summed E-state index contributed by atoms with van der Waals surface area (Å²) in [6.45, 7) is 1.66. The van der Waals surface area contributed by atoms with E-state index < -0.39 is 54.0 Å². The van der Waals surface area contributed by atoms with E-state index in [1.807, 2.05) is 0 Å². The number of nitrogens with two attached hydrogens (primary N) is 2. The molecule has 13 heteroatoms. The Morgan fingerprint density at radius 3 is 2.09 bits per heavy atom. The smallest absolute Gasteiger partial charge is 0.327 e. The van der Waals surface area contributed by atoms with Crippen LogP contribution in [0, 0.1) is 0 Å². The number of nitrogens with one attached hydrogen (secondary N) is 3. The molecule has 1 aromatic rings. The van der Waals surface area contributed by atoms with E-state index in [1.54, 1.807) is 12.1 Å². The van der Waals surface area contributed by atoms with Crippen molar-refractivity contribution in [2.75, 3.05) is 12.3 Å². The van der Waals surface area contributed by atoms with Crippen LogP contribution in [0.4, 0.5) is 0 Å². The van der Waals surface area contributed by atoms with Crippen molar-refractivity contribution < 1.29 is 34.5 Å². The largest absolute Gasteiger partial charge is 0.508 e. The Labute approximate surface area is 209 Å². The van der Waals surface area contributed by atoms with E-state index >= 15 is 0 Å². The Morgan fingerprint density at radius 1 is 0.971 bits per heavy atom. The molecule has 12 nitrogen and oxygen atoms in total. The third-order valence-corrected chi connectivity index (χ3v) is 5.53. The summed E-state index contributed by atoms with van der Waals surface area (Å²) in [5.41, 5.74) is 12.1. The van der Waals surface area contributed by atoms with Gasteiger partial charge in [-0.3, -0.25) is 14.4 Å². The van der Waals surface area contributed by atoms with E-state index in [0.29, 0.717) is 24.9 Å². The fourth-order valence-electron chi connectivity index (χ4n) is 3.13. The molecule has 0 aliphatic heterocycles.